The number of hydrogen-bond acceptors (Lipinski definition) is 2. The number of sulfonamides is 1. The molecule has 0 bridgehead atoms. The molecule has 0 spiro atoms. The molecular weight excluding hydrogens is 347 g/mol. The molecule has 0 aliphatic rings. The van der Waals surface area contributed by atoms with Crippen LogP contribution in [-0.2, 0) is 49.2 Å². The Kier molecular flexibility index (Phi) is 12.0. The van der Waals surface area contributed by atoms with E-state index in [2.05, 4.69) is 29.0 Å². The number of rotatable bonds is 10. The molecule has 0 unspecified atom stereocenters. The van der Waals surface area contributed by atoms with Gasteiger partial charge in [-0.15, -0.1) is 0 Å². The van der Waals surface area contributed by atoms with E-state index in [9.17, 15) is 8.42 Å². The summed E-state index contributed by atoms with van der Waals surface area (Å²) in [6.07, 6.45) is 5.72. The number of unbranched alkanes of at least 4 members (excludes halogenated alkanes) is 3. The molecule has 3 nitrogen and oxygen atoms in total. The van der Waals surface area contributed by atoms with Gasteiger partial charge >= 0.3 is 0 Å². The van der Waals surface area contributed by atoms with Gasteiger partial charge in [-0.2, -0.15) is 6.42 Å². The third-order valence-corrected chi connectivity index (χ3v) is 4.29. The van der Waals surface area contributed by atoms with E-state index < -0.39 is 10.0 Å². The summed E-state index contributed by atoms with van der Waals surface area (Å²) >= 11 is 0. The van der Waals surface area contributed by atoms with Crippen LogP contribution in [0.3, 0.4) is 0 Å². The molecule has 1 rings (SSSR count). The van der Waals surface area contributed by atoms with Crippen LogP contribution in [0.15, 0.2) is 30.3 Å². The molecule has 5 heteroatoms. The van der Waals surface area contributed by atoms with Crippen LogP contribution in [0.1, 0.15) is 44.6 Å². The minimum absolute atomic E-state index is 0. The van der Waals surface area contributed by atoms with E-state index >= 15 is 0 Å². The van der Waals surface area contributed by atoms with Crippen LogP contribution < -0.4 is 4.72 Å². The normalized spacial score (nSPS) is 11.1. The predicted molar refractivity (Wildman–Crippen MR) is 80.1 cm³/mol. The molecule has 0 heterocycles. The molecule has 111 valence electrons. The summed E-state index contributed by atoms with van der Waals surface area (Å²) in [6.45, 7) is 3.50. The first-order valence-electron chi connectivity index (χ1n) is 6.99. The maximum atomic E-state index is 11.5. The zero-order chi connectivity index (χ0) is 14.0. The second kappa shape index (κ2) is 11.8. The second-order valence-electron chi connectivity index (χ2n) is 4.70. The van der Waals surface area contributed by atoms with Crippen LogP contribution in [0.4, 0.5) is 0 Å². The summed E-state index contributed by atoms with van der Waals surface area (Å²) in [5.41, 5.74) is 1.36. The Labute approximate surface area is 148 Å². The number of nitrogens with one attached hydrogen (secondary N) is 1. The molecule has 0 atom stereocenters. The van der Waals surface area contributed by atoms with Gasteiger partial charge in [0.25, 0.3) is 0 Å². The molecule has 1 N–H and O–H groups in total. The predicted octanol–water partition coefficient (Wildman–Crippen LogP) is 3.28. The maximum absolute atomic E-state index is 11.5. The second-order valence-corrected chi connectivity index (χ2v) is 6.57. The first kappa shape index (κ1) is 20.2. The molecule has 1 radical (unpaired) electrons. The molecule has 0 aromatic heterocycles. The first-order valence-corrected chi connectivity index (χ1v) is 8.65. The number of aryl methyl sites for hydroxylation is 1. The van der Waals surface area contributed by atoms with Crippen molar-refractivity contribution in [1.29, 1.82) is 0 Å². The van der Waals surface area contributed by atoms with Gasteiger partial charge in [0.2, 0.25) is 0 Å². The summed E-state index contributed by atoms with van der Waals surface area (Å²) in [4.78, 5) is 0. The molecule has 0 amide bonds. The van der Waals surface area contributed by atoms with Gasteiger partial charge in [-0.25, -0.2) is 8.42 Å². The summed E-state index contributed by atoms with van der Waals surface area (Å²) in [6, 6.07) is 10.4. The zero-order valence-electron chi connectivity index (χ0n) is 12.2. The van der Waals surface area contributed by atoms with Crippen molar-refractivity contribution < 1.29 is 41.1 Å². The van der Waals surface area contributed by atoms with Gasteiger partial charge in [0.15, 0.2) is 10.0 Å². The topological polar surface area (TPSA) is 46.2 Å². The van der Waals surface area contributed by atoms with Gasteiger partial charge in [-0.1, -0.05) is 50.1 Å². The summed E-state index contributed by atoms with van der Waals surface area (Å²) in [5.74, 6) is 0.231. The van der Waals surface area contributed by atoms with Gasteiger partial charge in [0.1, 0.15) is 0 Å². The van der Waals surface area contributed by atoms with Gasteiger partial charge in [-0.05, 0) is 24.8 Å². The SMILES string of the molecule is CC[CH-]NS(=O)(=O)CCCCCCc1ccccc1.[Y]. The summed E-state index contributed by atoms with van der Waals surface area (Å²) in [5, 5.41) is 0. The Hall–Kier alpha value is 0.234. The first-order chi connectivity index (χ1) is 9.14. The third kappa shape index (κ3) is 10.0. The molecule has 0 aliphatic heterocycles. The molecule has 0 saturated heterocycles. The smallest absolute Gasteiger partial charge is 0.184 e. The van der Waals surface area contributed by atoms with Crippen molar-refractivity contribution in [2.24, 2.45) is 0 Å². The zero-order valence-corrected chi connectivity index (χ0v) is 15.9. The van der Waals surface area contributed by atoms with E-state index in [1.54, 1.807) is 6.54 Å². The van der Waals surface area contributed by atoms with Crippen molar-refractivity contribution in [1.82, 2.24) is 4.72 Å². The van der Waals surface area contributed by atoms with Crippen LogP contribution in [0.2, 0.25) is 0 Å². The van der Waals surface area contributed by atoms with E-state index in [1.165, 1.54) is 5.56 Å². The fraction of sp³-hybridized carbons (Fsp3) is 0.533. The van der Waals surface area contributed by atoms with Crippen LogP contribution in [0.25, 0.3) is 0 Å². The third-order valence-electron chi connectivity index (χ3n) is 2.94. The molecular formula is C15H24NO2SY-. The van der Waals surface area contributed by atoms with Crippen molar-refractivity contribution in [3.05, 3.63) is 42.4 Å². The van der Waals surface area contributed by atoms with Crippen LogP contribution in [-0.4, -0.2) is 14.2 Å². The Morgan fingerprint density at radius 3 is 2.35 bits per heavy atom. The standard InChI is InChI=1S/C15H24NO2S.Y/c1-2-13-16-19(17,18)14-9-4-3-6-10-15-11-7-5-8-12-15;/h5,7-8,11-13,16H,2-4,6,9-10,14H2,1H3;/q-1;. The fourth-order valence-electron chi connectivity index (χ4n) is 1.89. The molecule has 0 saturated carbocycles. The van der Waals surface area contributed by atoms with Crippen LogP contribution in [0, 0.1) is 6.54 Å². The average molecular weight is 371 g/mol. The molecule has 0 aliphatic carbocycles. The average Bonchev–Trinajstić information content (AvgIpc) is 2.42. The van der Waals surface area contributed by atoms with Crippen LogP contribution in [0.5, 0.6) is 0 Å². The van der Waals surface area contributed by atoms with E-state index in [0.29, 0.717) is 0 Å². The largest absolute Gasteiger partial charge is 0.365 e. The number of hydrogen-bond donors (Lipinski definition) is 1. The van der Waals surface area contributed by atoms with Gasteiger partial charge in [0.05, 0.1) is 5.75 Å². The van der Waals surface area contributed by atoms with E-state index in [4.69, 9.17) is 0 Å². The van der Waals surface area contributed by atoms with E-state index in [1.807, 2.05) is 13.0 Å². The van der Waals surface area contributed by atoms with E-state index in [0.717, 1.165) is 38.5 Å². The fourth-order valence-corrected chi connectivity index (χ4v) is 3.01. The molecule has 1 aromatic rings. The summed E-state index contributed by atoms with van der Waals surface area (Å²) < 4.78 is 25.5. The van der Waals surface area contributed by atoms with E-state index in [-0.39, 0.29) is 38.5 Å². The Balaban J connectivity index is 0.00000361. The van der Waals surface area contributed by atoms with Gasteiger partial charge in [-0.3, -0.25) is 6.54 Å². The summed E-state index contributed by atoms with van der Waals surface area (Å²) in [7, 11) is -3.09. The Morgan fingerprint density at radius 1 is 1.05 bits per heavy atom. The minimum Gasteiger partial charge on any atom is -0.365 e. The van der Waals surface area contributed by atoms with Crippen molar-refractivity contribution in [3.8, 4) is 0 Å². The quantitative estimate of drug-likeness (QED) is 0.507. The van der Waals surface area contributed by atoms with Crippen LogP contribution >= 0.6 is 0 Å². The minimum atomic E-state index is -3.09. The number of benzene rings is 1. The molecule has 0 fully saturated rings. The maximum Gasteiger partial charge on any atom is 0.184 e. The van der Waals surface area contributed by atoms with Gasteiger partial charge < -0.3 is 4.72 Å². The Bertz CT molecular complexity index is 434. The van der Waals surface area contributed by atoms with Crippen molar-refractivity contribution in [3.63, 3.8) is 0 Å². The molecule has 1 aromatic carbocycles. The van der Waals surface area contributed by atoms with Crippen molar-refractivity contribution in [2.45, 2.75) is 45.4 Å². The monoisotopic (exact) mass is 371 g/mol. The Morgan fingerprint density at radius 2 is 1.70 bits per heavy atom. The van der Waals surface area contributed by atoms with Crippen molar-refractivity contribution in [2.75, 3.05) is 5.75 Å². The molecule has 20 heavy (non-hydrogen) atoms. The van der Waals surface area contributed by atoms with Crippen molar-refractivity contribution >= 4 is 10.0 Å². The van der Waals surface area contributed by atoms with Gasteiger partial charge in [0, 0.05) is 32.7 Å².